The molecule has 0 spiro atoms. The molecule has 2 rings (SSSR count). The normalized spacial score (nSPS) is 11.3. The van der Waals surface area contributed by atoms with Crippen molar-refractivity contribution in [3.63, 3.8) is 0 Å². The highest BCUT2D eigenvalue weighted by Crippen LogP contribution is 2.41. The second kappa shape index (κ2) is 4.96. The number of phenols is 1. The van der Waals surface area contributed by atoms with Crippen LogP contribution in [0, 0.1) is 0 Å². The minimum absolute atomic E-state index is 0.212. The summed E-state index contributed by atoms with van der Waals surface area (Å²) in [7, 11) is 0. The smallest absolute Gasteiger partial charge is 0.150 e. The van der Waals surface area contributed by atoms with E-state index in [1.807, 2.05) is 26.8 Å². The number of nitrogen functional groups attached to an aromatic ring is 2. The van der Waals surface area contributed by atoms with Crippen molar-refractivity contribution >= 4 is 11.4 Å². The van der Waals surface area contributed by atoms with Crippen LogP contribution in [0.4, 0.5) is 11.4 Å². The highest BCUT2D eigenvalue weighted by molar-refractivity contribution is 5.62. The van der Waals surface area contributed by atoms with Gasteiger partial charge in [-0.2, -0.15) is 0 Å². The molecule has 0 saturated heterocycles. The van der Waals surface area contributed by atoms with E-state index in [9.17, 15) is 5.11 Å². The number of aromatic hydroxyl groups is 1. The van der Waals surface area contributed by atoms with Gasteiger partial charge in [-0.25, -0.2) is 0 Å². The maximum atomic E-state index is 10.1. The number of rotatable bonds is 2. The third kappa shape index (κ3) is 2.79. The second-order valence-corrected chi connectivity index (χ2v) is 5.80. The fourth-order valence-electron chi connectivity index (χ4n) is 2.14. The van der Waals surface area contributed by atoms with Gasteiger partial charge in [0.2, 0.25) is 0 Å². The summed E-state index contributed by atoms with van der Waals surface area (Å²) in [5.74, 6) is 1.33. The molecule has 0 atom stereocenters. The van der Waals surface area contributed by atoms with Crippen molar-refractivity contribution in [3.05, 3.63) is 42.0 Å². The molecule has 0 radical (unpaired) electrons. The van der Waals surface area contributed by atoms with E-state index in [1.165, 1.54) is 0 Å². The third-order valence-electron chi connectivity index (χ3n) is 3.01. The minimum atomic E-state index is -0.247. The van der Waals surface area contributed by atoms with Crippen molar-refractivity contribution in [2.75, 3.05) is 11.5 Å². The van der Waals surface area contributed by atoms with E-state index >= 15 is 0 Å². The Morgan fingerprint density at radius 2 is 1.70 bits per heavy atom. The first-order chi connectivity index (χ1) is 9.29. The summed E-state index contributed by atoms with van der Waals surface area (Å²) in [4.78, 5) is 0. The average Bonchev–Trinajstić information content (AvgIpc) is 2.31. The van der Waals surface area contributed by atoms with E-state index in [0.717, 1.165) is 5.56 Å². The van der Waals surface area contributed by atoms with Crippen LogP contribution >= 0.6 is 0 Å². The van der Waals surface area contributed by atoms with Gasteiger partial charge in [0.05, 0.1) is 5.69 Å². The summed E-state index contributed by atoms with van der Waals surface area (Å²) < 4.78 is 5.86. The van der Waals surface area contributed by atoms with Gasteiger partial charge in [0.1, 0.15) is 17.2 Å². The standard InChI is InChI=1S/C16H20N2O2/c1-16(2,3)15-12(19)5-4-6-14(15)20-13-8-7-10(17)9-11(13)18/h4-9,19H,17-18H2,1-3H3. The summed E-state index contributed by atoms with van der Waals surface area (Å²) in [6, 6.07) is 10.3. The van der Waals surface area contributed by atoms with Gasteiger partial charge in [-0.05, 0) is 35.7 Å². The van der Waals surface area contributed by atoms with E-state index in [4.69, 9.17) is 16.2 Å². The topological polar surface area (TPSA) is 81.5 Å². The monoisotopic (exact) mass is 272 g/mol. The molecule has 0 saturated carbocycles. The van der Waals surface area contributed by atoms with E-state index in [1.54, 1.807) is 30.3 Å². The summed E-state index contributed by atoms with van der Waals surface area (Å²) in [5.41, 5.74) is 13.1. The second-order valence-electron chi connectivity index (χ2n) is 5.80. The van der Waals surface area contributed by atoms with Crippen molar-refractivity contribution in [1.29, 1.82) is 0 Å². The van der Waals surface area contributed by atoms with E-state index in [0.29, 0.717) is 22.9 Å². The van der Waals surface area contributed by atoms with E-state index < -0.39 is 0 Å². The number of hydrogen-bond acceptors (Lipinski definition) is 4. The van der Waals surface area contributed by atoms with Gasteiger partial charge in [-0.1, -0.05) is 26.8 Å². The molecule has 4 nitrogen and oxygen atoms in total. The number of anilines is 2. The molecule has 4 heteroatoms. The van der Waals surface area contributed by atoms with Crippen molar-refractivity contribution in [2.24, 2.45) is 0 Å². The molecule has 2 aromatic rings. The Kier molecular flexibility index (Phi) is 3.49. The van der Waals surface area contributed by atoms with Gasteiger partial charge in [0, 0.05) is 11.3 Å². The molecule has 5 N–H and O–H groups in total. The first-order valence-corrected chi connectivity index (χ1v) is 6.44. The van der Waals surface area contributed by atoms with Crippen LogP contribution < -0.4 is 16.2 Å². The Morgan fingerprint density at radius 3 is 2.30 bits per heavy atom. The largest absolute Gasteiger partial charge is 0.508 e. The molecular formula is C16H20N2O2. The molecule has 0 aliphatic heterocycles. The molecule has 2 aromatic carbocycles. The lowest BCUT2D eigenvalue weighted by Gasteiger charge is -2.24. The van der Waals surface area contributed by atoms with Crippen molar-refractivity contribution < 1.29 is 9.84 Å². The van der Waals surface area contributed by atoms with Crippen LogP contribution in [0.25, 0.3) is 0 Å². The SMILES string of the molecule is CC(C)(C)c1c(O)cccc1Oc1ccc(N)cc1N. The van der Waals surface area contributed by atoms with E-state index in [2.05, 4.69) is 0 Å². The molecule has 0 unspecified atom stereocenters. The molecule has 20 heavy (non-hydrogen) atoms. The van der Waals surface area contributed by atoms with Gasteiger partial charge in [-0.3, -0.25) is 0 Å². The fourth-order valence-corrected chi connectivity index (χ4v) is 2.14. The predicted molar refractivity (Wildman–Crippen MR) is 82.1 cm³/mol. The quantitative estimate of drug-likeness (QED) is 0.729. The minimum Gasteiger partial charge on any atom is -0.508 e. The fraction of sp³-hybridized carbons (Fsp3) is 0.250. The third-order valence-corrected chi connectivity index (χ3v) is 3.01. The molecule has 0 heterocycles. The Morgan fingerprint density at radius 1 is 1.00 bits per heavy atom. The number of phenolic OH excluding ortho intramolecular Hbond substituents is 1. The Balaban J connectivity index is 2.46. The molecular weight excluding hydrogens is 252 g/mol. The van der Waals surface area contributed by atoms with Crippen molar-refractivity contribution in [2.45, 2.75) is 26.2 Å². The highest BCUT2D eigenvalue weighted by Gasteiger charge is 2.23. The maximum Gasteiger partial charge on any atom is 0.150 e. The zero-order valence-electron chi connectivity index (χ0n) is 12.0. The molecule has 0 aliphatic carbocycles. The Bertz CT molecular complexity index is 631. The van der Waals surface area contributed by atoms with Crippen molar-refractivity contribution in [1.82, 2.24) is 0 Å². The number of benzene rings is 2. The van der Waals surface area contributed by atoms with Crippen LogP contribution in [0.5, 0.6) is 17.2 Å². The molecule has 106 valence electrons. The van der Waals surface area contributed by atoms with Crippen LogP contribution in [-0.4, -0.2) is 5.11 Å². The molecule has 0 aromatic heterocycles. The summed E-state index contributed by atoms with van der Waals surface area (Å²) >= 11 is 0. The van der Waals surface area contributed by atoms with E-state index in [-0.39, 0.29) is 11.2 Å². The van der Waals surface area contributed by atoms with Crippen LogP contribution in [0.2, 0.25) is 0 Å². The zero-order chi connectivity index (χ0) is 14.9. The van der Waals surface area contributed by atoms with Crippen LogP contribution in [-0.2, 0) is 5.41 Å². The Hall–Kier alpha value is -2.36. The molecule has 0 fully saturated rings. The molecule has 0 bridgehead atoms. The summed E-state index contributed by atoms with van der Waals surface area (Å²) in [6.45, 7) is 6.05. The molecule has 0 aliphatic rings. The van der Waals surface area contributed by atoms with Crippen LogP contribution in [0.3, 0.4) is 0 Å². The van der Waals surface area contributed by atoms with Gasteiger partial charge >= 0.3 is 0 Å². The highest BCUT2D eigenvalue weighted by atomic mass is 16.5. The number of hydrogen-bond donors (Lipinski definition) is 3. The van der Waals surface area contributed by atoms with Crippen molar-refractivity contribution in [3.8, 4) is 17.2 Å². The zero-order valence-corrected chi connectivity index (χ0v) is 12.0. The number of ether oxygens (including phenoxy) is 1. The lowest BCUT2D eigenvalue weighted by molar-refractivity contribution is 0.416. The summed E-state index contributed by atoms with van der Waals surface area (Å²) in [6.07, 6.45) is 0. The Labute approximate surface area is 119 Å². The van der Waals surface area contributed by atoms with Crippen LogP contribution in [0.15, 0.2) is 36.4 Å². The predicted octanol–water partition coefficient (Wildman–Crippen LogP) is 3.65. The maximum absolute atomic E-state index is 10.1. The van der Waals surface area contributed by atoms with Gasteiger partial charge in [-0.15, -0.1) is 0 Å². The summed E-state index contributed by atoms with van der Waals surface area (Å²) in [5, 5.41) is 10.1. The number of nitrogens with two attached hydrogens (primary N) is 2. The lowest BCUT2D eigenvalue weighted by Crippen LogP contribution is -2.13. The van der Waals surface area contributed by atoms with Gasteiger partial charge in [0.15, 0.2) is 0 Å². The molecule has 0 amide bonds. The van der Waals surface area contributed by atoms with Crippen LogP contribution in [0.1, 0.15) is 26.3 Å². The first kappa shape index (κ1) is 14.1. The lowest BCUT2D eigenvalue weighted by atomic mass is 9.85. The van der Waals surface area contributed by atoms with Gasteiger partial charge in [0.25, 0.3) is 0 Å². The average molecular weight is 272 g/mol. The van der Waals surface area contributed by atoms with Gasteiger partial charge < -0.3 is 21.3 Å². The first-order valence-electron chi connectivity index (χ1n) is 6.44.